The minimum Gasteiger partial charge on any atom is -0.367 e. The fourth-order valence-corrected chi connectivity index (χ4v) is 2.13. The molecule has 0 aliphatic heterocycles. The number of nitrogens with one attached hydrogen (secondary N) is 1. The largest absolute Gasteiger partial charge is 0.367 e. The lowest BCUT2D eigenvalue weighted by molar-refractivity contribution is 0.316. The van der Waals surface area contributed by atoms with Crippen LogP contribution in [0.3, 0.4) is 0 Å². The molecule has 102 valence electrons. The molecule has 1 aromatic carbocycles. The van der Waals surface area contributed by atoms with Crippen molar-refractivity contribution in [3.05, 3.63) is 23.2 Å². The van der Waals surface area contributed by atoms with Crippen molar-refractivity contribution in [2.45, 2.75) is 13.8 Å². The van der Waals surface area contributed by atoms with Gasteiger partial charge in [-0.25, -0.2) is 0 Å². The molecular weight excluding hydrogens is 262 g/mol. The van der Waals surface area contributed by atoms with E-state index in [2.05, 4.69) is 39.5 Å². The molecule has 0 amide bonds. The number of anilines is 1. The highest BCUT2D eigenvalue weighted by molar-refractivity contribution is 6.31. The van der Waals surface area contributed by atoms with Crippen LogP contribution in [0.15, 0.2) is 18.2 Å². The van der Waals surface area contributed by atoms with Crippen molar-refractivity contribution in [2.75, 3.05) is 31.5 Å². The van der Waals surface area contributed by atoms with Gasteiger partial charge in [-0.1, -0.05) is 25.4 Å². The maximum absolute atomic E-state index is 6.01. The minimum absolute atomic E-state index is 0.675. The highest BCUT2D eigenvalue weighted by Crippen LogP contribution is 2.22. The molecule has 0 aliphatic carbocycles. The summed E-state index contributed by atoms with van der Waals surface area (Å²) in [6.07, 6.45) is 0. The first-order valence-electron chi connectivity index (χ1n) is 6.49. The summed E-state index contributed by atoms with van der Waals surface area (Å²) in [5.74, 6) is 0.736. The third kappa shape index (κ3) is 3.52. The van der Waals surface area contributed by atoms with Crippen LogP contribution in [0.2, 0.25) is 5.02 Å². The van der Waals surface area contributed by atoms with Crippen molar-refractivity contribution >= 4 is 28.3 Å². The maximum Gasteiger partial charge on any atom is 0.160 e. The normalized spacial score (nSPS) is 11.2. The molecule has 0 radical (unpaired) electrons. The van der Waals surface area contributed by atoms with Gasteiger partial charge in [-0.15, -0.1) is 10.2 Å². The summed E-state index contributed by atoms with van der Waals surface area (Å²) in [7, 11) is 0. The predicted octanol–water partition coefficient (Wildman–Crippen LogP) is 2.43. The van der Waals surface area contributed by atoms with E-state index in [0.29, 0.717) is 5.02 Å². The molecule has 1 N–H and O–H groups in total. The van der Waals surface area contributed by atoms with Gasteiger partial charge in [0, 0.05) is 23.5 Å². The molecule has 0 aliphatic rings. The molecule has 0 saturated heterocycles. The van der Waals surface area contributed by atoms with E-state index in [9.17, 15) is 0 Å². The van der Waals surface area contributed by atoms with Crippen molar-refractivity contribution in [3.63, 3.8) is 0 Å². The zero-order valence-electron chi connectivity index (χ0n) is 11.2. The molecule has 5 nitrogen and oxygen atoms in total. The van der Waals surface area contributed by atoms with Crippen LogP contribution in [-0.4, -0.2) is 46.5 Å². The molecule has 1 aromatic heterocycles. The van der Waals surface area contributed by atoms with Gasteiger partial charge in [0.15, 0.2) is 5.82 Å². The highest BCUT2D eigenvalue weighted by atomic mass is 35.5. The molecule has 2 aromatic rings. The first kappa shape index (κ1) is 14.0. The number of hydrogen-bond acceptors (Lipinski definition) is 5. The number of halogens is 1. The number of aromatic nitrogens is 3. The summed E-state index contributed by atoms with van der Waals surface area (Å²) in [5, 5.41) is 16.7. The highest BCUT2D eigenvalue weighted by Gasteiger charge is 2.06. The van der Waals surface area contributed by atoms with E-state index in [0.717, 1.165) is 42.9 Å². The van der Waals surface area contributed by atoms with E-state index < -0.39 is 0 Å². The van der Waals surface area contributed by atoms with E-state index in [1.54, 1.807) is 6.07 Å². The van der Waals surface area contributed by atoms with Crippen LogP contribution in [-0.2, 0) is 0 Å². The number of hydrogen-bond donors (Lipinski definition) is 1. The van der Waals surface area contributed by atoms with Gasteiger partial charge in [0.2, 0.25) is 0 Å². The summed E-state index contributed by atoms with van der Waals surface area (Å²) >= 11 is 6.01. The Morgan fingerprint density at radius 2 is 2.00 bits per heavy atom. The van der Waals surface area contributed by atoms with Crippen LogP contribution in [0.5, 0.6) is 0 Å². The van der Waals surface area contributed by atoms with E-state index in [1.165, 1.54) is 0 Å². The Morgan fingerprint density at radius 3 is 2.74 bits per heavy atom. The third-order valence-corrected chi connectivity index (χ3v) is 3.36. The second-order valence-electron chi connectivity index (χ2n) is 4.25. The van der Waals surface area contributed by atoms with Crippen LogP contribution < -0.4 is 5.32 Å². The van der Waals surface area contributed by atoms with E-state index in [-0.39, 0.29) is 0 Å². The van der Waals surface area contributed by atoms with Crippen molar-refractivity contribution < 1.29 is 0 Å². The summed E-state index contributed by atoms with van der Waals surface area (Å²) in [6.45, 7) is 8.20. The Balaban J connectivity index is 2.10. The van der Waals surface area contributed by atoms with Gasteiger partial charge in [0.05, 0.1) is 5.52 Å². The van der Waals surface area contributed by atoms with Crippen LogP contribution in [0.1, 0.15) is 13.8 Å². The number of rotatable bonds is 6. The fourth-order valence-electron chi connectivity index (χ4n) is 1.96. The zero-order chi connectivity index (χ0) is 13.7. The Kier molecular flexibility index (Phi) is 4.87. The topological polar surface area (TPSA) is 53.9 Å². The summed E-state index contributed by atoms with van der Waals surface area (Å²) in [4.78, 5) is 2.34. The molecule has 6 heteroatoms. The third-order valence-electron chi connectivity index (χ3n) is 3.13. The number of fused-ring (bicyclic) bond motifs is 1. The molecule has 0 spiro atoms. The number of likely N-dealkylation sites (N-methyl/N-ethyl adjacent to an activating group) is 1. The van der Waals surface area contributed by atoms with Gasteiger partial charge < -0.3 is 10.2 Å². The quantitative estimate of drug-likeness (QED) is 0.880. The zero-order valence-corrected chi connectivity index (χ0v) is 12.0. The average Bonchev–Trinajstić information content (AvgIpc) is 2.44. The van der Waals surface area contributed by atoms with Crippen molar-refractivity contribution in [1.82, 2.24) is 20.3 Å². The Morgan fingerprint density at radius 1 is 1.21 bits per heavy atom. The van der Waals surface area contributed by atoms with E-state index in [4.69, 9.17) is 11.6 Å². The van der Waals surface area contributed by atoms with Gasteiger partial charge in [0.1, 0.15) is 0 Å². The Bertz CT molecular complexity index is 542. The SMILES string of the molecule is CCN(CC)CCNc1nnnc2ccc(Cl)cc12. The molecule has 0 fully saturated rings. The summed E-state index contributed by atoms with van der Waals surface area (Å²) in [6, 6.07) is 5.51. The summed E-state index contributed by atoms with van der Waals surface area (Å²) < 4.78 is 0. The first-order chi connectivity index (χ1) is 9.24. The van der Waals surface area contributed by atoms with Crippen molar-refractivity contribution in [3.8, 4) is 0 Å². The van der Waals surface area contributed by atoms with E-state index >= 15 is 0 Å². The molecule has 0 atom stereocenters. The van der Waals surface area contributed by atoms with Gasteiger partial charge in [-0.05, 0) is 36.5 Å². The van der Waals surface area contributed by atoms with Gasteiger partial charge >= 0.3 is 0 Å². The van der Waals surface area contributed by atoms with E-state index in [1.807, 2.05) is 12.1 Å². The first-order valence-corrected chi connectivity index (χ1v) is 6.87. The second kappa shape index (κ2) is 6.63. The number of benzene rings is 1. The molecule has 2 rings (SSSR count). The van der Waals surface area contributed by atoms with Crippen LogP contribution in [0, 0.1) is 0 Å². The minimum atomic E-state index is 0.675. The smallest absolute Gasteiger partial charge is 0.160 e. The standard InChI is InChI=1S/C13H18ClN5/c1-3-19(4-2)8-7-15-13-11-9-10(14)5-6-12(11)16-18-17-13/h5-6,9H,3-4,7-8H2,1-2H3,(H,15,16,17). The van der Waals surface area contributed by atoms with Gasteiger partial charge in [-0.2, -0.15) is 0 Å². The van der Waals surface area contributed by atoms with Gasteiger partial charge in [0.25, 0.3) is 0 Å². The fraction of sp³-hybridized carbons (Fsp3) is 0.462. The lowest BCUT2D eigenvalue weighted by Gasteiger charge is -2.18. The Labute approximate surface area is 118 Å². The van der Waals surface area contributed by atoms with Crippen LogP contribution in [0.4, 0.5) is 5.82 Å². The van der Waals surface area contributed by atoms with Crippen LogP contribution >= 0.6 is 11.6 Å². The van der Waals surface area contributed by atoms with Crippen molar-refractivity contribution in [1.29, 1.82) is 0 Å². The monoisotopic (exact) mass is 279 g/mol. The van der Waals surface area contributed by atoms with Gasteiger partial charge in [-0.3, -0.25) is 0 Å². The average molecular weight is 280 g/mol. The lowest BCUT2D eigenvalue weighted by Crippen LogP contribution is -2.28. The number of nitrogens with zero attached hydrogens (tertiary/aromatic N) is 4. The molecule has 0 saturated carbocycles. The second-order valence-corrected chi connectivity index (χ2v) is 4.69. The molecular formula is C13H18ClN5. The van der Waals surface area contributed by atoms with Crippen molar-refractivity contribution in [2.24, 2.45) is 0 Å². The van der Waals surface area contributed by atoms with Crippen LogP contribution in [0.25, 0.3) is 10.9 Å². The predicted molar refractivity (Wildman–Crippen MR) is 78.6 cm³/mol. The molecule has 19 heavy (non-hydrogen) atoms. The summed E-state index contributed by atoms with van der Waals surface area (Å²) in [5.41, 5.74) is 0.796. The molecule has 0 bridgehead atoms. The maximum atomic E-state index is 6.01. The Hall–Kier alpha value is -1.46. The molecule has 0 unspecified atom stereocenters. The lowest BCUT2D eigenvalue weighted by atomic mass is 10.2. The molecule has 1 heterocycles.